The third-order valence-electron chi connectivity index (χ3n) is 2.49. The van der Waals surface area contributed by atoms with E-state index >= 15 is 0 Å². The molecule has 84 valence electrons. The fraction of sp³-hybridized carbons (Fsp3) is 0.308. The number of rotatable bonds is 4. The van der Waals surface area contributed by atoms with Crippen LogP contribution in [0.4, 0.5) is 0 Å². The lowest BCUT2D eigenvalue weighted by molar-refractivity contribution is 0.334. The van der Waals surface area contributed by atoms with Crippen molar-refractivity contribution in [1.82, 2.24) is 5.32 Å². The van der Waals surface area contributed by atoms with Crippen molar-refractivity contribution in [3.8, 4) is 5.75 Å². The van der Waals surface area contributed by atoms with E-state index in [0.717, 1.165) is 25.1 Å². The molecule has 0 amide bonds. The van der Waals surface area contributed by atoms with Crippen LogP contribution in [0.5, 0.6) is 5.75 Å². The summed E-state index contributed by atoms with van der Waals surface area (Å²) in [6, 6.07) is 6.18. The first kappa shape index (κ1) is 10.9. The Labute approximate surface area is 95.8 Å². The fourth-order valence-corrected chi connectivity index (χ4v) is 1.63. The third-order valence-corrected chi connectivity index (χ3v) is 2.49. The Morgan fingerprint density at radius 2 is 2.44 bits per heavy atom. The minimum Gasteiger partial charge on any atom is -0.357 e. The Kier molecular flexibility index (Phi) is 3.72. The van der Waals surface area contributed by atoms with E-state index < -0.39 is 0 Å². The summed E-state index contributed by atoms with van der Waals surface area (Å²) in [6.45, 7) is 1.01. The molecule has 1 aliphatic heterocycles. The number of nitrogens with zero attached hydrogens (tertiary/aromatic N) is 1. The van der Waals surface area contributed by atoms with Gasteiger partial charge in [-0.2, -0.15) is 0 Å². The van der Waals surface area contributed by atoms with Crippen LogP contribution in [0.25, 0.3) is 6.08 Å². The zero-order chi connectivity index (χ0) is 11.2. The SMILES string of the molecule is CNCC/C=C/c1ccc2c(c1)CC=NO2. The molecule has 0 saturated heterocycles. The molecular weight excluding hydrogens is 200 g/mol. The number of hydrogen-bond donors (Lipinski definition) is 1. The molecule has 16 heavy (non-hydrogen) atoms. The van der Waals surface area contributed by atoms with E-state index in [4.69, 9.17) is 4.84 Å². The Morgan fingerprint density at radius 1 is 1.50 bits per heavy atom. The van der Waals surface area contributed by atoms with Gasteiger partial charge in [0.2, 0.25) is 0 Å². The normalized spacial score (nSPS) is 13.8. The largest absolute Gasteiger partial charge is 0.357 e. The number of nitrogens with one attached hydrogen (secondary N) is 1. The van der Waals surface area contributed by atoms with Crippen molar-refractivity contribution < 1.29 is 4.84 Å². The molecule has 0 aromatic heterocycles. The molecule has 1 aliphatic rings. The van der Waals surface area contributed by atoms with Gasteiger partial charge in [-0.05, 0) is 37.7 Å². The van der Waals surface area contributed by atoms with Crippen LogP contribution in [-0.4, -0.2) is 19.8 Å². The van der Waals surface area contributed by atoms with Crippen molar-refractivity contribution in [2.24, 2.45) is 5.16 Å². The summed E-state index contributed by atoms with van der Waals surface area (Å²) in [7, 11) is 1.96. The molecule has 3 nitrogen and oxygen atoms in total. The van der Waals surface area contributed by atoms with E-state index in [1.54, 1.807) is 6.21 Å². The molecule has 1 heterocycles. The van der Waals surface area contributed by atoms with Crippen LogP contribution in [0.1, 0.15) is 17.5 Å². The molecule has 1 N–H and O–H groups in total. The van der Waals surface area contributed by atoms with E-state index in [1.807, 2.05) is 13.1 Å². The summed E-state index contributed by atoms with van der Waals surface area (Å²) in [6.07, 6.45) is 8.01. The Hall–Kier alpha value is -1.61. The Morgan fingerprint density at radius 3 is 3.31 bits per heavy atom. The van der Waals surface area contributed by atoms with Gasteiger partial charge in [-0.25, -0.2) is 0 Å². The maximum atomic E-state index is 5.16. The highest BCUT2D eigenvalue weighted by molar-refractivity contribution is 5.66. The van der Waals surface area contributed by atoms with Crippen molar-refractivity contribution >= 4 is 12.3 Å². The van der Waals surface area contributed by atoms with E-state index in [9.17, 15) is 0 Å². The number of oxime groups is 1. The van der Waals surface area contributed by atoms with Gasteiger partial charge in [-0.1, -0.05) is 23.4 Å². The van der Waals surface area contributed by atoms with Crippen LogP contribution in [0, 0.1) is 0 Å². The average Bonchev–Trinajstić information content (AvgIpc) is 2.34. The zero-order valence-corrected chi connectivity index (χ0v) is 9.44. The van der Waals surface area contributed by atoms with Gasteiger partial charge in [0.1, 0.15) is 0 Å². The van der Waals surface area contributed by atoms with E-state index in [2.05, 4.69) is 34.8 Å². The molecule has 1 aromatic rings. The van der Waals surface area contributed by atoms with Crippen molar-refractivity contribution in [3.63, 3.8) is 0 Å². The van der Waals surface area contributed by atoms with Crippen molar-refractivity contribution in [1.29, 1.82) is 0 Å². The lowest BCUT2D eigenvalue weighted by Crippen LogP contribution is -2.05. The molecule has 0 fully saturated rings. The lowest BCUT2D eigenvalue weighted by Gasteiger charge is -2.09. The highest BCUT2D eigenvalue weighted by Gasteiger charge is 2.06. The van der Waals surface area contributed by atoms with Gasteiger partial charge in [0.25, 0.3) is 0 Å². The number of hydrogen-bond acceptors (Lipinski definition) is 3. The lowest BCUT2D eigenvalue weighted by atomic mass is 10.1. The van der Waals surface area contributed by atoms with E-state index in [0.29, 0.717) is 0 Å². The van der Waals surface area contributed by atoms with Gasteiger partial charge in [-0.3, -0.25) is 0 Å². The first-order valence-electron chi connectivity index (χ1n) is 5.53. The van der Waals surface area contributed by atoms with Gasteiger partial charge in [0.05, 0.1) is 0 Å². The van der Waals surface area contributed by atoms with Crippen LogP contribution in [0.2, 0.25) is 0 Å². The average molecular weight is 216 g/mol. The molecule has 0 radical (unpaired) electrons. The topological polar surface area (TPSA) is 33.6 Å². The minimum absolute atomic E-state index is 0.855. The number of fused-ring (bicyclic) bond motifs is 1. The second-order valence-corrected chi connectivity index (χ2v) is 3.75. The summed E-state index contributed by atoms with van der Waals surface area (Å²) in [5, 5.41) is 6.90. The first-order chi connectivity index (χ1) is 7.90. The van der Waals surface area contributed by atoms with Crippen LogP contribution in [-0.2, 0) is 6.42 Å². The standard InChI is InChI=1S/C13H16N2O/c1-14-8-3-2-4-11-5-6-13-12(10-11)7-9-15-16-13/h2,4-6,9-10,14H,3,7-8H2,1H3/b4-2+. The molecule has 0 bridgehead atoms. The molecule has 1 aromatic carbocycles. The highest BCUT2D eigenvalue weighted by Crippen LogP contribution is 2.23. The molecule has 0 spiro atoms. The fourth-order valence-electron chi connectivity index (χ4n) is 1.63. The zero-order valence-electron chi connectivity index (χ0n) is 9.44. The molecule has 3 heteroatoms. The van der Waals surface area contributed by atoms with Gasteiger partial charge >= 0.3 is 0 Å². The second kappa shape index (κ2) is 5.47. The summed E-state index contributed by atoms with van der Waals surface area (Å²) in [5.74, 6) is 0.870. The smallest absolute Gasteiger partial charge is 0.161 e. The van der Waals surface area contributed by atoms with Gasteiger partial charge in [0, 0.05) is 18.2 Å². The van der Waals surface area contributed by atoms with Crippen LogP contribution in [0.3, 0.4) is 0 Å². The highest BCUT2D eigenvalue weighted by atomic mass is 16.6. The van der Waals surface area contributed by atoms with Crippen molar-refractivity contribution in [3.05, 3.63) is 35.4 Å². The van der Waals surface area contributed by atoms with Gasteiger partial charge < -0.3 is 10.2 Å². The summed E-state index contributed by atoms with van der Waals surface area (Å²) >= 11 is 0. The van der Waals surface area contributed by atoms with Crippen LogP contribution in [0.15, 0.2) is 29.4 Å². The summed E-state index contributed by atoms with van der Waals surface area (Å²) < 4.78 is 0. The molecule has 2 rings (SSSR count). The van der Waals surface area contributed by atoms with Crippen molar-refractivity contribution in [2.45, 2.75) is 12.8 Å². The van der Waals surface area contributed by atoms with Crippen LogP contribution < -0.4 is 10.2 Å². The van der Waals surface area contributed by atoms with Crippen LogP contribution >= 0.6 is 0 Å². The van der Waals surface area contributed by atoms with Gasteiger partial charge in [-0.15, -0.1) is 0 Å². The molecule has 0 saturated carbocycles. The molecule has 0 aliphatic carbocycles. The maximum Gasteiger partial charge on any atom is 0.161 e. The number of benzene rings is 1. The van der Waals surface area contributed by atoms with E-state index in [-0.39, 0.29) is 0 Å². The summed E-state index contributed by atoms with van der Waals surface area (Å²) in [5.41, 5.74) is 2.42. The summed E-state index contributed by atoms with van der Waals surface area (Å²) in [4.78, 5) is 5.16. The minimum atomic E-state index is 0.855. The predicted molar refractivity (Wildman–Crippen MR) is 66.8 cm³/mol. The predicted octanol–water partition coefficient (Wildman–Crippen LogP) is 2.23. The first-order valence-corrected chi connectivity index (χ1v) is 5.53. The third kappa shape index (κ3) is 2.70. The maximum absolute atomic E-state index is 5.16. The monoisotopic (exact) mass is 216 g/mol. The Bertz CT molecular complexity index is 410. The quantitative estimate of drug-likeness (QED) is 0.783. The molecule has 0 atom stereocenters. The second-order valence-electron chi connectivity index (χ2n) is 3.75. The Balaban J connectivity index is 2.04. The van der Waals surface area contributed by atoms with Crippen molar-refractivity contribution in [2.75, 3.05) is 13.6 Å². The molecular formula is C13H16N2O. The molecule has 0 unspecified atom stereocenters. The van der Waals surface area contributed by atoms with Gasteiger partial charge in [0.15, 0.2) is 5.75 Å². The van der Waals surface area contributed by atoms with E-state index in [1.165, 1.54) is 11.1 Å².